The average molecular weight is 307 g/mol. The molecule has 5 heteroatoms. The van der Waals surface area contributed by atoms with Crippen LogP contribution in [-0.4, -0.2) is 24.2 Å². The second kappa shape index (κ2) is 6.31. The van der Waals surface area contributed by atoms with Crippen LogP contribution in [-0.2, 0) is 0 Å². The molecule has 0 unspecified atom stereocenters. The van der Waals surface area contributed by atoms with E-state index in [9.17, 15) is 4.39 Å². The van der Waals surface area contributed by atoms with Crippen molar-refractivity contribution < 1.29 is 9.13 Å². The Morgan fingerprint density at radius 2 is 1.86 bits per heavy atom. The SMILES string of the molecule is Fc1cccc(N2CCC(Oc3ccccc3Cl)CC2)n1. The average Bonchev–Trinajstić information content (AvgIpc) is 2.50. The molecule has 0 atom stereocenters. The van der Waals surface area contributed by atoms with Crippen LogP contribution in [0, 0.1) is 5.95 Å². The Kier molecular flexibility index (Phi) is 4.25. The van der Waals surface area contributed by atoms with Gasteiger partial charge in [0.15, 0.2) is 0 Å². The first kappa shape index (κ1) is 14.1. The van der Waals surface area contributed by atoms with E-state index in [4.69, 9.17) is 16.3 Å². The van der Waals surface area contributed by atoms with E-state index in [1.54, 1.807) is 6.07 Å². The lowest BCUT2D eigenvalue weighted by Crippen LogP contribution is -2.38. The minimum Gasteiger partial charge on any atom is -0.489 e. The minimum atomic E-state index is -0.443. The lowest BCUT2D eigenvalue weighted by atomic mass is 10.1. The van der Waals surface area contributed by atoms with Crippen LogP contribution in [0.4, 0.5) is 10.2 Å². The molecule has 2 heterocycles. The summed E-state index contributed by atoms with van der Waals surface area (Å²) in [7, 11) is 0. The van der Waals surface area contributed by atoms with Crippen LogP contribution in [0.3, 0.4) is 0 Å². The molecule has 0 spiro atoms. The largest absolute Gasteiger partial charge is 0.489 e. The van der Waals surface area contributed by atoms with E-state index in [0.29, 0.717) is 10.8 Å². The van der Waals surface area contributed by atoms with Gasteiger partial charge in [-0.15, -0.1) is 0 Å². The summed E-state index contributed by atoms with van der Waals surface area (Å²) in [5, 5.41) is 0.631. The van der Waals surface area contributed by atoms with Crippen molar-refractivity contribution in [3.63, 3.8) is 0 Å². The van der Waals surface area contributed by atoms with Crippen molar-refractivity contribution in [1.29, 1.82) is 0 Å². The van der Waals surface area contributed by atoms with E-state index < -0.39 is 5.95 Å². The van der Waals surface area contributed by atoms with Crippen LogP contribution < -0.4 is 9.64 Å². The predicted molar refractivity (Wildman–Crippen MR) is 81.5 cm³/mol. The molecule has 1 aromatic heterocycles. The fraction of sp³-hybridized carbons (Fsp3) is 0.312. The number of piperidine rings is 1. The number of ether oxygens (including phenoxy) is 1. The standard InChI is InChI=1S/C16H16ClFN2O/c17-13-4-1-2-5-14(13)21-12-8-10-20(11-9-12)16-7-3-6-15(18)19-16/h1-7,12H,8-11H2. The van der Waals surface area contributed by atoms with Crippen LogP contribution in [0.1, 0.15) is 12.8 Å². The Balaban J connectivity index is 1.59. The summed E-state index contributed by atoms with van der Waals surface area (Å²) in [4.78, 5) is 6.00. The van der Waals surface area contributed by atoms with Crippen molar-refractivity contribution in [2.75, 3.05) is 18.0 Å². The topological polar surface area (TPSA) is 25.4 Å². The highest BCUT2D eigenvalue weighted by Gasteiger charge is 2.22. The van der Waals surface area contributed by atoms with Crippen LogP contribution in [0.25, 0.3) is 0 Å². The molecule has 0 N–H and O–H groups in total. The van der Waals surface area contributed by atoms with Crippen LogP contribution in [0.2, 0.25) is 5.02 Å². The van der Waals surface area contributed by atoms with Crippen molar-refractivity contribution in [3.05, 3.63) is 53.4 Å². The molecular weight excluding hydrogens is 291 g/mol. The number of nitrogens with zero attached hydrogens (tertiary/aromatic N) is 2. The molecule has 2 aromatic rings. The molecule has 21 heavy (non-hydrogen) atoms. The third kappa shape index (κ3) is 3.45. The highest BCUT2D eigenvalue weighted by atomic mass is 35.5. The van der Waals surface area contributed by atoms with Gasteiger partial charge >= 0.3 is 0 Å². The third-order valence-electron chi connectivity index (χ3n) is 3.60. The van der Waals surface area contributed by atoms with Gasteiger partial charge in [-0.1, -0.05) is 29.8 Å². The lowest BCUT2D eigenvalue weighted by Gasteiger charge is -2.33. The second-order valence-electron chi connectivity index (χ2n) is 5.05. The summed E-state index contributed by atoms with van der Waals surface area (Å²) < 4.78 is 19.1. The minimum absolute atomic E-state index is 0.134. The predicted octanol–water partition coefficient (Wildman–Crippen LogP) is 3.92. The Morgan fingerprint density at radius 3 is 2.57 bits per heavy atom. The van der Waals surface area contributed by atoms with Gasteiger partial charge in [-0.2, -0.15) is 4.39 Å². The maximum atomic E-state index is 13.2. The first-order valence-corrected chi connectivity index (χ1v) is 7.39. The van der Waals surface area contributed by atoms with E-state index in [-0.39, 0.29) is 6.10 Å². The van der Waals surface area contributed by atoms with Gasteiger partial charge in [0.25, 0.3) is 0 Å². The highest BCUT2D eigenvalue weighted by Crippen LogP contribution is 2.27. The maximum absolute atomic E-state index is 13.2. The van der Waals surface area contributed by atoms with Gasteiger partial charge < -0.3 is 9.64 Å². The number of para-hydroxylation sites is 1. The van der Waals surface area contributed by atoms with Crippen molar-refractivity contribution in [3.8, 4) is 5.75 Å². The van der Waals surface area contributed by atoms with E-state index in [1.807, 2.05) is 30.3 Å². The lowest BCUT2D eigenvalue weighted by molar-refractivity contribution is 0.171. The monoisotopic (exact) mass is 306 g/mol. The Hall–Kier alpha value is -1.81. The van der Waals surface area contributed by atoms with Crippen molar-refractivity contribution in [1.82, 2.24) is 4.98 Å². The van der Waals surface area contributed by atoms with Gasteiger partial charge in [0.1, 0.15) is 17.7 Å². The third-order valence-corrected chi connectivity index (χ3v) is 3.91. The van der Waals surface area contributed by atoms with Crippen molar-refractivity contribution in [2.24, 2.45) is 0 Å². The first-order valence-electron chi connectivity index (χ1n) is 7.01. The van der Waals surface area contributed by atoms with Crippen LogP contribution >= 0.6 is 11.6 Å². The number of halogens is 2. The number of hydrogen-bond donors (Lipinski definition) is 0. The molecule has 3 nitrogen and oxygen atoms in total. The molecule has 3 rings (SSSR count). The van der Waals surface area contributed by atoms with E-state index >= 15 is 0 Å². The smallest absolute Gasteiger partial charge is 0.214 e. The van der Waals surface area contributed by atoms with Gasteiger partial charge in [-0.3, -0.25) is 0 Å². The zero-order valence-electron chi connectivity index (χ0n) is 11.5. The molecular formula is C16H16ClFN2O. The zero-order valence-corrected chi connectivity index (χ0v) is 12.3. The Labute approximate surface area is 128 Å². The summed E-state index contributed by atoms with van der Waals surface area (Å²) in [6.07, 6.45) is 1.86. The molecule has 1 saturated heterocycles. The number of benzene rings is 1. The molecule has 1 aliphatic rings. The molecule has 1 aliphatic heterocycles. The zero-order chi connectivity index (χ0) is 14.7. The molecule has 0 radical (unpaired) electrons. The number of anilines is 1. The fourth-order valence-electron chi connectivity index (χ4n) is 2.50. The molecule has 1 aromatic carbocycles. The molecule has 0 bridgehead atoms. The number of rotatable bonds is 3. The molecule has 0 amide bonds. The summed E-state index contributed by atoms with van der Waals surface area (Å²) in [6, 6.07) is 12.4. The van der Waals surface area contributed by atoms with E-state index in [2.05, 4.69) is 9.88 Å². The second-order valence-corrected chi connectivity index (χ2v) is 5.46. The fourth-order valence-corrected chi connectivity index (χ4v) is 2.68. The summed E-state index contributed by atoms with van der Waals surface area (Å²) in [5.41, 5.74) is 0. The Bertz CT molecular complexity index is 615. The van der Waals surface area contributed by atoms with Gasteiger partial charge in [-0.05, 0) is 24.3 Å². The normalized spacial score (nSPS) is 16.0. The molecule has 0 aliphatic carbocycles. The quantitative estimate of drug-likeness (QED) is 0.804. The highest BCUT2D eigenvalue weighted by molar-refractivity contribution is 6.32. The number of hydrogen-bond acceptors (Lipinski definition) is 3. The van der Waals surface area contributed by atoms with Crippen molar-refractivity contribution >= 4 is 17.4 Å². The van der Waals surface area contributed by atoms with E-state index in [1.165, 1.54) is 6.07 Å². The first-order chi connectivity index (χ1) is 10.2. The Morgan fingerprint density at radius 1 is 1.10 bits per heavy atom. The van der Waals surface area contributed by atoms with Crippen LogP contribution in [0.5, 0.6) is 5.75 Å². The van der Waals surface area contributed by atoms with Gasteiger partial charge in [0.05, 0.1) is 5.02 Å². The van der Waals surface area contributed by atoms with E-state index in [0.717, 1.165) is 31.7 Å². The van der Waals surface area contributed by atoms with Gasteiger partial charge in [0, 0.05) is 25.9 Å². The molecule has 1 fully saturated rings. The summed E-state index contributed by atoms with van der Waals surface area (Å²) >= 11 is 6.10. The summed E-state index contributed by atoms with van der Waals surface area (Å²) in [6.45, 7) is 1.59. The molecule has 110 valence electrons. The number of pyridine rings is 1. The molecule has 0 saturated carbocycles. The number of aromatic nitrogens is 1. The maximum Gasteiger partial charge on any atom is 0.214 e. The van der Waals surface area contributed by atoms with Crippen molar-refractivity contribution in [2.45, 2.75) is 18.9 Å². The van der Waals surface area contributed by atoms with Gasteiger partial charge in [-0.25, -0.2) is 4.98 Å². The van der Waals surface area contributed by atoms with Gasteiger partial charge in [0.2, 0.25) is 5.95 Å². The summed E-state index contributed by atoms with van der Waals surface area (Å²) in [5.74, 6) is 0.967. The van der Waals surface area contributed by atoms with Crippen LogP contribution in [0.15, 0.2) is 42.5 Å².